The van der Waals surface area contributed by atoms with Gasteiger partial charge in [0.15, 0.2) is 0 Å². The van der Waals surface area contributed by atoms with E-state index in [0.717, 1.165) is 25.7 Å². The van der Waals surface area contributed by atoms with Crippen molar-refractivity contribution in [2.75, 3.05) is 6.61 Å². The monoisotopic (exact) mass is 268 g/mol. The number of Topliss-reactive ketones (excluding diaryl/α,β-unsaturated/α-hetero) is 1. The van der Waals surface area contributed by atoms with E-state index >= 15 is 0 Å². The van der Waals surface area contributed by atoms with Crippen molar-refractivity contribution in [2.45, 2.75) is 83.5 Å². The molecule has 1 aliphatic rings. The largest absolute Gasteiger partial charge is 0.466 e. The third-order valence-electron chi connectivity index (χ3n) is 3.72. The van der Waals surface area contributed by atoms with Gasteiger partial charge in [0.1, 0.15) is 5.78 Å². The molecule has 3 heteroatoms. The van der Waals surface area contributed by atoms with E-state index in [2.05, 4.69) is 0 Å². The summed E-state index contributed by atoms with van der Waals surface area (Å²) in [5.41, 5.74) is 0. The van der Waals surface area contributed by atoms with Crippen LogP contribution in [-0.4, -0.2) is 18.4 Å². The molecule has 0 aromatic rings. The zero-order chi connectivity index (χ0) is 13.8. The number of ether oxygens (including phenoxy) is 1. The quantitative estimate of drug-likeness (QED) is 0.619. The van der Waals surface area contributed by atoms with E-state index in [1.54, 1.807) is 0 Å². The molecule has 0 aromatic heterocycles. The van der Waals surface area contributed by atoms with Crippen LogP contribution in [0.5, 0.6) is 0 Å². The number of cyclic esters (lactones) is 1. The number of rotatable bonds is 0. The fourth-order valence-corrected chi connectivity index (χ4v) is 2.46. The highest BCUT2D eigenvalue weighted by molar-refractivity contribution is 5.82. The highest BCUT2D eigenvalue weighted by Gasteiger charge is 2.08. The molecule has 0 spiro atoms. The lowest BCUT2D eigenvalue weighted by atomic mass is 10.0. The summed E-state index contributed by atoms with van der Waals surface area (Å²) < 4.78 is 5.12. The lowest BCUT2D eigenvalue weighted by molar-refractivity contribution is -0.145. The van der Waals surface area contributed by atoms with Crippen LogP contribution in [0.3, 0.4) is 0 Å². The molecule has 1 aliphatic heterocycles. The third kappa shape index (κ3) is 9.69. The molecule has 0 saturated carbocycles. The summed E-state index contributed by atoms with van der Waals surface area (Å²) in [5.74, 6) is -0.000988. The van der Waals surface area contributed by atoms with Crippen LogP contribution in [0.4, 0.5) is 0 Å². The van der Waals surface area contributed by atoms with Crippen molar-refractivity contribution in [2.24, 2.45) is 0 Å². The highest BCUT2D eigenvalue weighted by atomic mass is 16.5. The van der Waals surface area contributed by atoms with E-state index in [9.17, 15) is 9.59 Å². The van der Waals surface area contributed by atoms with Gasteiger partial charge in [0.05, 0.1) is 13.0 Å². The van der Waals surface area contributed by atoms with E-state index in [0.29, 0.717) is 19.4 Å². The van der Waals surface area contributed by atoms with Crippen LogP contribution < -0.4 is 0 Å². The molecule has 1 heterocycles. The zero-order valence-corrected chi connectivity index (χ0v) is 12.1. The van der Waals surface area contributed by atoms with Crippen LogP contribution in [0, 0.1) is 0 Å². The first-order valence-corrected chi connectivity index (χ1v) is 7.96. The zero-order valence-electron chi connectivity index (χ0n) is 12.1. The van der Waals surface area contributed by atoms with E-state index < -0.39 is 0 Å². The van der Waals surface area contributed by atoms with Gasteiger partial charge in [-0.25, -0.2) is 0 Å². The second-order valence-corrected chi connectivity index (χ2v) is 5.54. The first kappa shape index (κ1) is 16.2. The number of hydrogen-bond donors (Lipinski definition) is 0. The maximum Gasteiger partial charge on any atom is 0.306 e. The van der Waals surface area contributed by atoms with Crippen LogP contribution in [0.1, 0.15) is 83.5 Å². The topological polar surface area (TPSA) is 43.4 Å². The molecule has 0 aromatic carbocycles. The van der Waals surface area contributed by atoms with Gasteiger partial charge in [0.25, 0.3) is 0 Å². The molecule has 0 radical (unpaired) electrons. The molecule has 110 valence electrons. The smallest absolute Gasteiger partial charge is 0.306 e. The number of carbonyl (C=O) groups is 2. The Morgan fingerprint density at radius 2 is 1.11 bits per heavy atom. The lowest BCUT2D eigenvalue weighted by Crippen LogP contribution is -2.08. The molecule has 0 unspecified atom stereocenters. The third-order valence-corrected chi connectivity index (χ3v) is 3.72. The van der Waals surface area contributed by atoms with Gasteiger partial charge in [-0.1, -0.05) is 51.4 Å². The molecule has 0 N–H and O–H groups in total. The Labute approximate surface area is 117 Å². The van der Waals surface area contributed by atoms with Crippen molar-refractivity contribution < 1.29 is 14.3 Å². The number of esters is 1. The Balaban J connectivity index is 2.22. The highest BCUT2D eigenvalue weighted by Crippen LogP contribution is 2.12. The van der Waals surface area contributed by atoms with Crippen molar-refractivity contribution in [3.8, 4) is 0 Å². The fraction of sp³-hybridized carbons (Fsp3) is 0.875. The van der Waals surface area contributed by atoms with Crippen LogP contribution in [0.15, 0.2) is 0 Å². The summed E-state index contributed by atoms with van der Waals surface area (Å²) in [4.78, 5) is 23.0. The Morgan fingerprint density at radius 3 is 1.74 bits per heavy atom. The van der Waals surface area contributed by atoms with Gasteiger partial charge < -0.3 is 4.74 Å². The first-order chi connectivity index (χ1) is 9.29. The maximum atomic E-state index is 11.6. The van der Waals surface area contributed by atoms with Crippen LogP contribution in [0.2, 0.25) is 0 Å². The molecule has 1 saturated heterocycles. The summed E-state index contributed by atoms with van der Waals surface area (Å²) in [6.45, 7) is 0.521. The molecule has 3 nitrogen and oxygen atoms in total. The second-order valence-electron chi connectivity index (χ2n) is 5.54. The number of carbonyl (C=O) groups excluding carboxylic acids is 2. The Morgan fingerprint density at radius 1 is 0.579 bits per heavy atom. The molecule has 0 amide bonds. The van der Waals surface area contributed by atoms with Gasteiger partial charge in [-0.2, -0.15) is 0 Å². The van der Waals surface area contributed by atoms with Gasteiger partial charge in [-0.15, -0.1) is 0 Å². The van der Waals surface area contributed by atoms with E-state index in [1.165, 1.54) is 38.5 Å². The summed E-state index contributed by atoms with van der Waals surface area (Å²) in [5, 5.41) is 0. The van der Waals surface area contributed by atoms with Gasteiger partial charge in [-0.05, 0) is 12.8 Å². The van der Waals surface area contributed by atoms with Gasteiger partial charge in [-0.3, -0.25) is 9.59 Å². The summed E-state index contributed by atoms with van der Waals surface area (Å²) in [7, 11) is 0. The van der Waals surface area contributed by atoms with E-state index in [4.69, 9.17) is 4.74 Å². The van der Waals surface area contributed by atoms with E-state index in [1.807, 2.05) is 0 Å². The minimum atomic E-state index is -0.210. The predicted molar refractivity (Wildman–Crippen MR) is 76.0 cm³/mol. The summed E-state index contributed by atoms with van der Waals surface area (Å²) in [6.07, 6.45) is 13.2. The molecule has 19 heavy (non-hydrogen) atoms. The average Bonchev–Trinajstić information content (AvgIpc) is 2.41. The number of hydrogen-bond acceptors (Lipinski definition) is 3. The second kappa shape index (κ2) is 11.0. The molecule has 0 aliphatic carbocycles. The first-order valence-electron chi connectivity index (χ1n) is 7.96. The summed E-state index contributed by atoms with van der Waals surface area (Å²) in [6, 6.07) is 0. The van der Waals surface area contributed by atoms with Crippen molar-refractivity contribution in [3.63, 3.8) is 0 Å². The molecule has 0 bridgehead atoms. The van der Waals surface area contributed by atoms with Crippen molar-refractivity contribution >= 4 is 11.8 Å². The predicted octanol–water partition coefficient (Wildman–Crippen LogP) is 4.18. The van der Waals surface area contributed by atoms with Crippen LogP contribution in [-0.2, 0) is 14.3 Å². The maximum absolute atomic E-state index is 11.6. The normalized spacial score (nSPS) is 22.5. The molecule has 1 fully saturated rings. The van der Waals surface area contributed by atoms with Crippen molar-refractivity contribution in [3.05, 3.63) is 0 Å². The van der Waals surface area contributed by atoms with Crippen LogP contribution in [0.25, 0.3) is 0 Å². The average molecular weight is 268 g/mol. The Kier molecular flexibility index (Phi) is 9.38. The fourth-order valence-electron chi connectivity index (χ4n) is 2.46. The number of ketones is 1. The van der Waals surface area contributed by atoms with Crippen molar-refractivity contribution in [1.29, 1.82) is 0 Å². The standard InChI is InChI=1S/C16H28O3/c17-15-11-9-7-5-3-1-2-4-6-8-10-14-19-16(18)13-12-15/h1-14H2. The van der Waals surface area contributed by atoms with Gasteiger partial charge in [0.2, 0.25) is 0 Å². The molecule has 1 rings (SSSR count). The van der Waals surface area contributed by atoms with Gasteiger partial charge >= 0.3 is 5.97 Å². The lowest BCUT2D eigenvalue weighted by Gasteiger charge is -2.04. The minimum Gasteiger partial charge on any atom is -0.466 e. The Bertz CT molecular complexity index is 235. The minimum absolute atomic E-state index is 0.210. The Hall–Kier alpha value is -0.860. The van der Waals surface area contributed by atoms with E-state index in [-0.39, 0.29) is 18.2 Å². The molecular formula is C16H28O3. The van der Waals surface area contributed by atoms with Crippen molar-refractivity contribution in [1.82, 2.24) is 0 Å². The van der Waals surface area contributed by atoms with Gasteiger partial charge in [0, 0.05) is 12.8 Å². The summed E-state index contributed by atoms with van der Waals surface area (Å²) >= 11 is 0. The van der Waals surface area contributed by atoms with Crippen LogP contribution >= 0.6 is 0 Å². The molecular weight excluding hydrogens is 240 g/mol. The molecule has 0 atom stereocenters. The SMILES string of the molecule is O=C1CCCCCCCCCCCCOC(=O)CC1.